The minimum Gasteiger partial charge on any atom is -0.361 e. The van der Waals surface area contributed by atoms with Crippen molar-refractivity contribution < 1.29 is 9.32 Å². The molecule has 0 bridgehead atoms. The maximum atomic E-state index is 12.9. The summed E-state index contributed by atoms with van der Waals surface area (Å²) in [6.07, 6.45) is 0.800. The van der Waals surface area contributed by atoms with Crippen molar-refractivity contribution in [3.63, 3.8) is 0 Å². The van der Waals surface area contributed by atoms with Crippen LogP contribution in [0, 0.1) is 19.8 Å². The average molecular weight is 412 g/mol. The number of rotatable bonds is 8. The quantitative estimate of drug-likeness (QED) is 0.649. The molecule has 1 heterocycles. The number of amides is 1. The maximum absolute atomic E-state index is 12.9. The lowest BCUT2D eigenvalue weighted by Crippen LogP contribution is -2.34. The summed E-state index contributed by atoms with van der Waals surface area (Å²) in [5.41, 5.74) is 8.83. The number of nitrogens with zero attached hydrogens (tertiary/aromatic N) is 2. The monoisotopic (exact) mass is 411 g/mol. The van der Waals surface area contributed by atoms with Crippen LogP contribution in [0.25, 0.3) is 0 Å². The van der Waals surface area contributed by atoms with Crippen molar-refractivity contribution in [3.05, 3.63) is 46.8 Å². The van der Waals surface area contributed by atoms with Gasteiger partial charge in [0.05, 0.1) is 11.3 Å². The van der Waals surface area contributed by atoms with Crippen LogP contribution in [0.1, 0.15) is 47.6 Å². The van der Waals surface area contributed by atoms with Gasteiger partial charge in [-0.1, -0.05) is 31.1 Å². The van der Waals surface area contributed by atoms with Crippen LogP contribution in [0.3, 0.4) is 0 Å². The van der Waals surface area contributed by atoms with Crippen molar-refractivity contribution in [2.75, 3.05) is 13.6 Å². The van der Waals surface area contributed by atoms with E-state index in [4.69, 9.17) is 10.3 Å². The van der Waals surface area contributed by atoms with Crippen molar-refractivity contribution in [3.8, 4) is 0 Å². The fraction of sp³-hybridized carbons (Fsp3) is 0.500. The lowest BCUT2D eigenvalue weighted by molar-refractivity contribution is 0.0786. The molecule has 1 unspecified atom stereocenters. The summed E-state index contributed by atoms with van der Waals surface area (Å²) in [6, 6.07) is 7.84. The highest BCUT2D eigenvalue weighted by atomic mass is 35.5. The van der Waals surface area contributed by atoms with Gasteiger partial charge in [-0.15, -0.1) is 24.2 Å². The fourth-order valence-corrected chi connectivity index (χ4v) is 3.81. The molecule has 0 fully saturated rings. The first-order valence-electron chi connectivity index (χ1n) is 8.95. The number of aromatic nitrogens is 1. The number of carbonyl (C=O) groups is 1. The molecule has 1 amide bonds. The third-order valence-corrected chi connectivity index (χ3v) is 5.77. The van der Waals surface area contributed by atoms with Gasteiger partial charge < -0.3 is 15.2 Å². The van der Waals surface area contributed by atoms with Gasteiger partial charge in [0.1, 0.15) is 5.76 Å². The van der Waals surface area contributed by atoms with Crippen LogP contribution in [-0.4, -0.2) is 35.6 Å². The Hall–Kier alpha value is -1.50. The van der Waals surface area contributed by atoms with E-state index < -0.39 is 0 Å². The third-order valence-electron chi connectivity index (χ3n) is 4.67. The van der Waals surface area contributed by atoms with Crippen LogP contribution in [0.2, 0.25) is 0 Å². The van der Waals surface area contributed by atoms with E-state index in [1.807, 2.05) is 45.2 Å². The van der Waals surface area contributed by atoms with E-state index in [1.54, 1.807) is 16.7 Å². The van der Waals surface area contributed by atoms with Crippen molar-refractivity contribution >= 4 is 30.1 Å². The molecule has 2 N–H and O–H groups in total. The number of nitrogens with two attached hydrogens (primary N) is 1. The van der Waals surface area contributed by atoms with Gasteiger partial charge in [-0.05, 0) is 38.3 Å². The van der Waals surface area contributed by atoms with Crippen LogP contribution >= 0.6 is 24.2 Å². The molecule has 0 aliphatic rings. The van der Waals surface area contributed by atoms with Gasteiger partial charge in [0.15, 0.2) is 0 Å². The number of carbonyl (C=O) groups excluding carboxylic acids is 1. The van der Waals surface area contributed by atoms with E-state index in [2.05, 4.69) is 19.0 Å². The zero-order chi connectivity index (χ0) is 19.3. The van der Waals surface area contributed by atoms with Gasteiger partial charge in [-0.25, -0.2) is 0 Å². The van der Waals surface area contributed by atoms with Gasteiger partial charge in [0, 0.05) is 35.8 Å². The zero-order valence-electron chi connectivity index (χ0n) is 16.7. The molecule has 1 aromatic heterocycles. The van der Waals surface area contributed by atoms with Crippen molar-refractivity contribution in [2.45, 2.75) is 50.8 Å². The van der Waals surface area contributed by atoms with Gasteiger partial charge >= 0.3 is 0 Å². The second-order valence-electron chi connectivity index (χ2n) is 7.01. The molecule has 150 valence electrons. The summed E-state index contributed by atoms with van der Waals surface area (Å²) in [4.78, 5) is 15.6. The molecule has 0 aliphatic carbocycles. The third kappa shape index (κ3) is 6.26. The number of benzene rings is 1. The molecule has 0 radical (unpaired) electrons. The van der Waals surface area contributed by atoms with E-state index in [1.165, 1.54) is 0 Å². The highest BCUT2D eigenvalue weighted by Gasteiger charge is 2.18. The molecule has 2 aromatic rings. The number of aryl methyl sites for hydroxylation is 2. The number of thioether (sulfide) groups is 1. The van der Waals surface area contributed by atoms with Crippen LogP contribution in [0.4, 0.5) is 0 Å². The number of hydrogen-bond acceptors (Lipinski definition) is 5. The highest BCUT2D eigenvalue weighted by Crippen LogP contribution is 2.29. The van der Waals surface area contributed by atoms with E-state index in [0.717, 1.165) is 39.7 Å². The first kappa shape index (κ1) is 23.5. The smallest absolute Gasteiger partial charge is 0.254 e. The molecule has 0 saturated heterocycles. The van der Waals surface area contributed by atoms with E-state index >= 15 is 0 Å². The molecule has 1 atom stereocenters. The van der Waals surface area contributed by atoms with Gasteiger partial charge in [0.2, 0.25) is 0 Å². The van der Waals surface area contributed by atoms with Crippen LogP contribution in [-0.2, 0) is 5.75 Å². The molecular formula is C20H30ClN3O2S. The van der Waals surface area contributed by atoms with Gasteiger partial charge in [-0.2, -0.15) is 0 Å². The molecule has 7 heteroatoms. The van der Waals surface area contributed by atoms with Gasteiger partial charge in [-0.3, -0.25) is 4.79 Å². The molecule has 0 spiro atoms. The Morgan fingerprint density at radius 3 is 2.56 bits per heavy atom. The molecule has 0 aliphatic heterocycles. The SMILES string of the molecule is Cc1noc(C)c1CSc1ccccc1C(=O)N(C)CCC(N)C(C)C.Cl. The maximum Gasteiger partial charge on any atom is 0.254 e. The Bertz CT molecular complexity index is 729. The van der Waals surface area contributed by atoms with Crippen LogP contribution in [0.5, 0.6) is 0 Å². The summed E-state index contributed by atoms with van der Waals surface area (Å²) < 4.78 is 5.22. The topological polar surface area (TPSA) is 72.4 Å². The summed E-state index contributed by atoms with van der Waals surface area (Å²) in [7, 11) is 1.84. The Morgan fingerprint density at radius 2 is 1.96 bits per heavy atom. The first-order chi connectivity index (χ1) is 12.3. The zero-order valence-corrected chi connectivity index (χ0v) is 18.3. The molecule has 0 saturated carbocycles. The average Bonchev–Trinajstić information content (AvgIpc) is 2.95. The normalized spacial score (nSPS) is 12.0. The van der Waals surface area contributed by atoms with Crippen LogP contribution < -0.4 is 5.73 Å². The van der Waals surface area contributed by atoms with Crippen LogP contribution in [0.15, 0.2) is 33.7 Å². The van der Waals surface area contributed by atoms with Crippen molar-refractivity contribution in [1.82, 2.24) is 10.1 Å². The predicted molar refractivity (Wildman–Crippen MR) is 114 cm³/mol. The molecule has 5 nitrogen and oxygen atoms in total. The Morgan fingerprint density at radius 1 is 1.30 bits per heavy atom. The van der Waals surface area contributed by atoms with Crippen molar-refractivity contribution in [2.24, 2.45) is 11.7 Å². The highest BCUT2D eigenvalue weighted by molar-refractivity contribution is 7.98. The first-order valence-corrected chi connectivity index (χ1v) is 9.94. The summed E-state index contributed by atoms with van der Waals surface area (Å²) in [5.74, 6) is 2.01. The summed E-state index contributed by atoms with van der Waals surface area (Å²) in [5, 5.41) is 3.99. The molecule has 2 rings (SSSR count). The second-order valence-corrected chi connectivity index (χ2v) is 8.03. The standard InChI is InChI=1S/C20H29N3O2S.ClH/c1-13(2)18(21)10-11-23(5)20(24)16-8-6-7-9-19(16)26-12-17-14(3)22-25-15(17)4;/h6-9,13,18H,10-12,21H2,1-5H3;1H. The molecule has 1 aromatic carbocycles. The Balaban J connectivity index is 0.00000364. The molecular weight excluding hydrogens is 382 g/mol. The Labute approximate surface area is 172 Å². The summed E-state index contributed by atoms with van der Waals surface area (Å²) >= 11 is 1.64. The Kier molecular flexibility index (Phi) is 9.36. The minimum absolute atomic E-state index is 0. The largest absolute Gasteiger partial charge is 0.361 e. The predicted octanol–water partition coefficient (Wildman–Crippen LogP) is 4.45. The lowest BCUT2D eigenvalue weighted by Gasteiger charge is -2.22. The van der Waals surface area contributed by atoms with Crippen molar-refractivity contribution in [1.29, 1.82) is 0 Å². The molecule has 27 heavy (non-hydrogen) atoms. The lowest BCUT2D eigenvalue weighted by atomic mass is 10.0. The van der Waals surface area contributed by atoms with E-state index in [-0.39, 0.29) is 24.4 Å². The minimum atomic E-state index is 0. The number of halogens is 1. The number of hydrogen-bond donors (Lipinski definition) is 1. The second kappa shape index (κ2) is 10.7. The fourth-order valence-electron chi connectivity index (χ4n) is 2.61. The van der Waals surface area contributed by atoms with Gasteiger partial charge in [0.25, 0.3) is 5.91 Å². The van der Waals surface area contributed by atoms with E-state index in [9.17, 15) is 4.79 Å². The summed E-state index contributed by atoms with van der Waals surface area (Å²) in [6.45, 7) is 8.72. The van der Waals surface area contributed by atoms with E-state index in [0.29, 0.717) is 12.5 Å².